The first kappa shape index (κ1) is 8.04. The zero-order chi connectivity index (χ0) is 8.27. The summed E-state index contributed by atoms with van der Waals surface area (Å²) in [7, 11) is 0. The summed E-state index contributed by atoms with van der Waals surface area (Å²) in [6, 6.07) is 0. The van der Waals surface area contributed by atoms with Crippen molar-refractivity contribution in [3.05, 3.63) is 0 Å². The van der Waals surface area contributed by atoms with Crippen molar-refractivity contribution in [3.63, 3.8) is 0 Å². The average Bonchev–Trinajstić information content (AvgIpc) is 2.37. The van der Waals surface area contributed by atoms with Crippen molar-refractivity contribution in [1.82, 2.24) is 0 Å². The minimum Gasteiger partial charge on any atom is -0.481 e. The molecule has 0 aliphatic heterocycles. The lowest BCUT2D eigenvalue weighted by Crippen LogP contribution is -2.11. The van der Waals surface area contributed by atoms with E-state index in [4.69, 9.17) is 9.94 Å². The molecule has 0 heterocycles. The fourth-order valence-corrected chi connectivity index (χ4v) is 1.37. The molecule has 0 amide bonds. The Morgan fingerprint density at radius 3 is 2.82 bits per heavy atom. The monoisotopic (exact) mass is 157 g/mol. The number of carboxylic acid groups (broad SMARTS) is 1. The summed E-state index contributed by atoms with van der Waals surface area (Å²) in [4.78, 5) is 15.3. The van der Waals surface area contributed by atoms with E-state index in [1.54, 1.807) is 0 Å². The minimum absolute atomic E-state index is 0.0337. The van der Waals surface area contributed by atoms with Gasteiger partial charge in [-0.3, -0.25) is 4.79 Å². The quantitative estimate of drug-likeness (QED) is 0.488. The molecule has 4 nitrogen and oxygen atoms in total. The third-order valence-corrected chi connectivity index (χ3v) is 1.96. The van der Waals surface area contributed by atoms with Gasteiger partial charge in [-0.15, -0.1) is 5.16 Å². The van der Waals surface area contributed by atoms with Gasteiger partial charge in [0.1, 0.15) is 6.10 Å². The van der Waals surface area contributed by atoms with Crippen LogP contribution in [-0.4, -0.2) is 23.9 Å². The Bertz CT molecular complexity index is 169. The molecule has 1 N–H and O–H groups in total. The Hall–Kier alpha value is -1.06. The highest BCUT2D eigenvalue weighted by Gasteiger charge is 2.30. The lowest BCUT2D eigenvalue weighted by atomic mass is 10.1. The Morgan fingerprint density at radius 2 is 2.36 bits per heavy atom. The van der Waals surface area contributed by atoms with Crippen molar-refractivity contribution in [1.29, 1.82) is 0 Å². The van der Waals surface area contributed by atoms with E-state index < -0.39 is 5.97 Å². The third-order valence-electron chi connectivity index (χ3n) is 1.96. The summed E-state index contributed by atoms with van der Waals surface area (Å²) < 4.78 is 0. The molecule has 1 rings (SSSR count). The summed E-state index contributed by atoms with van der Waals surface area (Å²) >= 11 is 0. The summed E-state index contributed by atoms with van der Waals surface area (Å²) in [5, 5.41) is 11.9. The molecular weight excluding hydrogens is 146 g/mol. The van der Waals surface area contributed by atoms with E-state index in [2.05, 4.69) is 11.9 Å². The van der Waals surface area contributed by atoms with Crippen LogP contribution in [0.25, 0.3) is 0 Å². The van der Waals surface area contributed by atoms with Gasteiger partial charge in [0.2, 0.25) is 0 Å². The van der Waals surface area contributed by atoms with Gasteiger partial charge >= 0.3 is 5.97 Å². The summed E-state index contributed by atoms with van der Waals surface area (Å²) in [5.74, 6) is -0.984. The number of hydrogen-bond donors (Lipinski definition) is 1. The van der Waals surface area contributed by atoms with Crippen LogP contribution in [0.2, 0.25) is 0 Å². The van der Waals surface area contributed by atoms with E-state index in [-0.39, 0.29) is 12.0 Å². The highest BCUT2D eigenvalue weighted by Crippen LogP contribution is 2.27. The maximum Gasteiger partial charge on any atom is 0.306 e. The van der Waals surface area contributed by atoms with Gasteiger partial charge in [-0.2, -0.15) is 0 Å². The molecule has 62 valence electrons. The van der Waals surface area contributed by atoms with Gasteiger partial charge in [0, 0.05) is 13.1 Å². The van der Waals surface area contributed by atoms with Crippen LogP contribution in [0.15, 0.2) is 5.16 Å². The van der Waals surface area contributed by atoms with E-state index >= 15 is 0 Å². The molecular formula is C7H11NO3. The van der Waals surface area contributed by atoms with Crippen LogP contribution < -0.4 is 0 Å². The average molecular weight is 157 g/mol. The first-order chi connectivity index (χ1) is 5.24. The van der Waals surface area contributed by atoms with Gasteiger partial charge in [0.05, 0.1) is 5.92 Å². The minimum atomic E-state index is -0.736. The molecule has 11 heavy (non-hydrogen) atoms. The zero-order valence-electron chi connectivity index (χ0n) is 6.19. The topological polar surface area (TPSA) is 58.9 Å². The largest absolute Gasteiger partial charge is 0.481 e. The van der Waals surface area contributed by atoms with Crippen molar-refractivity contribution >= 4 is 12.7 Å². The third kappa shape index (κ3) is 1.93. The molecule has 0 bridgehead atoms. The molecule has 1 aliphatic carbocycles. The molecule has 0 aromatic heterocycles. The standard InChI is InChI=1S/C7H11NO3/c1-8-11-6-3-2-5(4-6)7(9)10/h5-6H,1-4H2,(H,9,10)/t5-,6+/m1/s1. The first-order valence-corrected chi connectivity index (χ1v) is 3.58. The Balaban J connectivity index is 2.34. The molecule has 0 radical (unpaired) electrons. The molecule has 0 unspecified atom stereocenters. The highest BCUT2D eigenvalue weighted by atomic mass is 16.6. The summed E-state index contributed by atoms with van der Waals surface area (Å²) in [6.07, 6.45) is 1.99. The molecule has 0 saturated heterocycles. The van der Waals surface area contributed by atoms with Crippen molar-refractivity contribution in [2.75, 3.05) is 0 Å². The number of rotatable bonds is 3. The summed E-state index contributed by atoms with van der Waals surface area (Å²) in [5.41, 5.74) is 0. The second-order valence-corrected chi connectivity index (χ2v) is 2.70. The van der Waals surface area contributed by atoms with Gasteiger partial charge in [-0.1, -0.05) is 0 Å². The maximum atomic E-state index is 10.4. The maximum absolute atomic E-state index is 10.4. The Morgan fingerprint density at radius 1 is 1.64 bits per heavy atom. The predicted octanol–water partition coefficient (Wildman–Crippen LogP) is 0.872. The second kappa shape index (κ2) is 3.37. The second-order valence-electron chi connectivity index (χ2n) is 2.70. The number of aliphatic carboxylic acids is 1. The number of oxime groups is 1. The van der Waals surface area contributed by atoms with E-state index in [0.717, 1.165) is 6.42 Å². The Labute approximate surface area is 64.8 Å². The van der Waals surface area contributed by atoms with E-state index in [1.165, 1.54) is 0 Å². The number of carboxylic acids is 1. The van der Waals surface area contributed by atoms with Crippen molar-refractivity contribution in [2.45, 2.75) is 25.4 Å². The summed E-state index contributed by atoms with van der Waals surface area (Å²) in [6.45, 7) is 3.17. The fraction of sp³-hybridized carbons (Fsp3) is 0.714. The van der Waals surface area contributed by atoms with Crippen LogP contribution in [0.1, 0.15) is 19.3 Å². The molecule has 1 saturated carbocycles. The van der Waals surface area contributed by atoms with Gasteiger partial charge in [-0.05, 0) is 12.8 Å². The van der Waals surface area contributed by atoms with Crippen LogP contribution in [0.4, 0.5) is 0 Å². The van der Waals surface area contributed by atoms with Gasteiger partial charge in [0.15, 0.2) is 0 Å². The van der Waals surface area contributed by atoms with Crippen molar-refractivity contribution in [3.8, 4) is 0 Å². The highest BCUT2D eigenvalue weighted by molar-refractivity contribution is 5.70. The lowest BCUT2D eigenvalue weighted by molar-refractivity contribution is -0.141. The first-order valence-electron chi connectivity index (χ1n) is 3.58. The van der Waals surface area contributed by atoms with Gasteiger partial charge in [-0.25, -0.2) is 0 Å². The van der Waals surface area contributed by atoms with Crippen LogP contribution in [0, 0.1) is 5.92 Å². The zero-order valence-corrected chi connectivity index (χ0v) is 6.19. The molecule has 1 fully saturated rings. The SMILES string of the molecule is C=NO[C@H]1CC[C@@H](C(=O)O)C1. The van der Waals surface area contributed by atoms with Crippen molar-refractivity contribution < 1.29 is 14.7 Å². The molecule has 4 heteroatoms. The number of carbonyl (C=O) groups is 1. The van der Waals surface area contributed by atoms with E-state index in [9.17, 15) is 4.79 Å². The molecule has 0 aromatic rings. The van der Waals surface area contributed by atoms with Crippen LogP contribution in [0.5, 0.6) is 0 Å². The molecule has 0 spiro atoms. The van der Waals surface area contributed by atoms with Crippen LogP contribution >= 0.6 is 0 Å². The smallest absolute Gasteiger partial charge is 0.306 e. The van der Waals surface area contributed by atoms with Gasteiger partial charge < -0.3 is 9.94 Å². The molecule has 0 aromatic carbocycles. The van der Waals surface area contributed by atoms with Crippen LogP contribution in [0.3, 0.4) is 0 Å². The number of nitrogens with zero attached hydrogens (tertiary/aromatic N) is 1. The van der Waals surface area contributed by atoms with Gasteiger partial charge in [0.25, 0.3) is 0 Å². The van der Waals surface area contributed by atoms with E-state index in [1.807, 2.05) is 0 Å². The van der Waals surface area contributed by atoms with E-state index in [0.29, 0.717) is 12.8 Å². The van der Waals surface area contributed by atoms with Crippen molar-refractivity contribution in [2.24, 2.45) is 11.1 Å². The number of hydrogen-bond acceptors (Lipinski definition) is 3. The predicted molar refractivity (Wildman–Crippen MR) is 39.4 cm³/mol. The normalized spacial score (nSPS) is 29.8. The lowest BCUT2D eigenvalue weighted by Gasteiger charge is -2.05. The molecule has 2 atom stereocenters. The Kier molecular flexibility index (Phi) is 2.46. The van der Waals surface area contributed by atoms with Crippen LogP contribution in [-0.2, 0) is 9.63 Å². The fourth-order valence-electron chi connectivity index (χ4n) is 1.37. The molecule has 1 aliphatic rings.